The summed E-state index contributed by atoms with van der Waals surface area (Å²) < 4.78 is 11.2. The maximum Gasteiger partial charge on any atom is 0.413 e. The number of carbonyl (C=O) groups is 1. The van der Waals surface area contributed by atoms with Crippen LogP contribution in [-0.2, 0) is 15.0 Å². The number of rotatable bonds is 1. The molecule has 6 heteroatoms. The highest BCUT2D eigenvalue weighted by molar-refractivity contribution is 8.13. The number of fused-ring (bicyclic) bond motifs is 1. The number of amidine groups is 1. The van der Waals surface area contributed by atoms with Crippen molar-refractivity contribution in [3.05, 3.63) is 35.4 Å². The highest BCUT2D eigenvalue weighted by Gasteiger charge is 2.46. The van der Waals surface area contributed by atoms with Gasteiger partial charge in [0.05, 0.1) is 6.61 Å². The molecule has 2 atom stereocenters. The fourth-order valence-electron chi connectivity index (χ4n) is 3.42. The molecule has 2 aliphatic heterocycles. The Hall–Kier alpha value is -1.53. The van der Waals surface area contributed by atoms with E-state index in [1.165, 1.54) is 11.1 Å². The topological polar surface area (TPSA) is 59.9 Å². The highest BCUT2D eigenvalue weighted by atomic mass is 32.2. The van der Waals surface area contributed by atoms with Crippen LogP contribution in [0.15, 0.2) is 29.3 Å². The van der Waals surface area contributed by atoms with Gasteiger partial charge >= 0.3 is 6.09 Å². The van der Waals surface area contributed by atoms with E-state index < -0.39 is 17.2 Å². The van der Waals surface area contributed by atoms with Gasteiger partial charge in [-0.15, -0.1) is 0 Å². The molecule has 1 aromatic carbocycles. The average molecular weight is 362 g/mol. The smallest absolute Gasteiger partial charge is 0.413 e. The number of amides is 1. The van der Waals surface area contributed by atoms with Crippen LogP contribution in [0.25, 0.3) is 0 Å². The summed E-state index contributed by atoms with van der Waals surface area (Å²) in [4.78, 5) is 17.1. The number of aliphatic imine (C=N–C) groups is 1. The van der Waals surface area contributed by atoms with Crippen LogP contribution in [0.5, 0.6) is 0 Å². The van der Waals surface area contributed by atoms with Crippen molar-refractivity contribution in [1.82, 2.24) is 5.32 Å². The first-order chi connectivity index (χ1) is 11.8. The summed E-state index contributed by atoms with van der Waals surface area (Å²) in [5.41, 5.74) is 1.42. The zero-order chi connectivity index (χ0) is 18.1. The van der Waals surface area contributed by atoms with Gasteiger partial charge in [-0.05, 0) is 45.2 Å². The van der Waals surface area contributed by atoms with E-state index in [2.05, 4.69) is 24.4 Å². The van der Waals surface area contributed by atoms with Crippen LogP contribution in [-0.4, -0.2) is 35.8 Å². The van der Waals surface area contributed by atoms with E-state index in [4.69, 9.17) is 14.5 Å². The Bertz CT molecular complexity index is 683. The number of ether oxygens (including phenoxy) is 2. The van der Waals surface area contributed by atoms with Crippen LogP contribution >= 0.6 is 11.8 Å². The molecule has 1 unspecified atom stereocenters. The normalized spacial score (nSPS) is 26.4. The summed E-state index contributed by atoms with van der Waals surface area (Å²) in [7, 11) is 0. The zero-order valence-electron chi connectivity index (χ0n) is 15.3. The number of hydrogen-bond donors (Lipinski definition) is 1. The number of carbonyl (C=O) groups excluding carboxylic acids is 1. The summed E-state index contributed by atoms with van der Waals surface area (Å²) in [5.74, 6) is 1.31. The van der Waals surface area contributed by atoms with Crippen LogP contribution in [0, 0.1) is 12.8 Å². The van der Waals surface area contributed by atoms with E-state index in [9.17, 15) is 4.79 Å². The summed E-state index contributed by atoms with van der Waals surface area (Å²) in [6.07, 6.45) is 0.513. The van der Waals surface area contributed by atoms with Crippen molar-refractivity contribution in [3.8, 4) is 0 Å². The lowest BCUT2D eigenvalue weighted by molar-refractivity contribution is 0.00401. The minimum absolute atomic E-state index is 0.400. The number of nitrogens with zero attached hydrogens (tertiary/aromatic N) is 1. The van der Waals surface area contributed by atoms with Crippen molar-refractivity contribution in [2.45, 2.75) is 45.3 Å². The average Bonchev–Trinajstić information content (AvgIpc) is 2.53. The molecule has 1 N–H and O–H groups in total. The van der Waals surface area contributed by atoms with E-state index >= 15 is 0 Å². The fourth-order valence-corrected chi connectivity index (χ4v) is 4.60. The van der Waals surface area contributed by atoms with Crippen LogP contribution in [0.2, 0.25) is 0 Å². The SMILES string of the molecule is Cc1ccccc1[C@]12COCCC1CSC(NC(=O)OC(C)(C)C)=N2. The van der Waals surface area contributed by atoms with Gasteiger partial charge in [0, 0.05) is 18.3 Å². The molecular formula is C19H26N2O3S. The van der Waals surface area contributed by atoms with Crippen molar-refractivity contribution in [3.63, 3.8) is 0 Å². The lowest BCUT2D eigenvalue weighted by Gasteiger charge is -2.44. The quantitative estimate of drug-likeness (QED) is 0.824. The van der Waals surface area contributed by atoms with Gasteiger partial charge in [0.25, 0.3) is 0 Å². The second kappa shape index (κ2) is 7.00. The fraction of sp³-hybridized carbons (Fsp3) is 0.579. The number of hydrogen-bond acceptors (Lipinski definition) is 5. The molecule has 1 saturated heterocycles. The third-order valence-electron chi connectivity index (χ3n) is 4.55. The molecular weight excluding hydrogens is 336 g/mol. The maximum atomic E-state index is 12.1. The predicted octanol–water partition coefficient (Wildman–Crippen LogP) is 3.85. The van der Waals surface area contributed by atoms with Crippen molar-refractivity contribution >= 4 is 23.0 Å². The van der Waals surface area contributed by atoms with Gasteiger partial charge in [0.15, 0.2) is 5.17 Å². The van der Waals surface area contributed by atoms with Crippen molar-refractivity contribution in [1.29, 1.82) is 0 Å². The summed E-state index contributed by atoms with van der Waals surface area (Å²) in [5, 5.41) is 3.43. The molecule has 136 valence electrons. The molecule has 0 aliphatic carbocycles. The number of thioether (sulfide) groups is 1. The van der Waals surface area contributed by atoms with Crippen LogP contribution in [0.3, 0.4) is 0 Å². The minimum atomic E-state index is -0.534. The van der Waals surface area contributed by atoms with Crippen LogP contribution in [0.4, 0.5) is 4.79 Å². The number of alkyl carbamates (subject to hydrolysis) is 1. The van der Waals surface area contributed by atoms with E-state index in [0.717, 1.165) is 18.8 Å². The van der Waals surface area contributed by atoms with Gasteiger partial charge in [-0.3, -0.25) is 5.32 Å². The lowest BCUT2D eigenvalue weighted by Crippen LogP contribution is -2.49. The Morgan fingerprint density at radius 1 is 1.40 bits per heavy atom. The summed E-state index contributed by atoms with van der Waals surface area (Å²) in [6.45, 7) is 8.96. The zero-order valence-corrected chi connectivity index (χ0v) is 16.1. The second-order valence-corrected chi connectivity index (χ2v) is 8.64. The third-order valence-corrected chi connectivity index (χ3v) is 5.59. The monoisotopic (exact) mass is 362 g/mol. The minimum Gasteiger partial charge on any atom is -0.444 e. The Balaban J connectivity index is 1.92. The van der Waals surface area contributed by atoms with Gasteiger partial charge < -0.3 is 9.47 Å². The third kappa shape index (κ3) is 4.01. The molecule has 2 heterocycles. The molecule has 1 amide bonds. The van der Waals surface area contributed by atoms with Gasteiger partial charge in [-0.2, -0.15) is 0 Å². The summed E-state index contributed by atoms with van der Waals surface area (Å²) >= 11 is 1.58. The Morgan fingerprint density at radius 3 is 2.88 bits per heavy atom. The molecule has 0 bridgehead atoms. The van der Waals surface area contributed by atoms with E-state index in [0.29, 0.717) is 17.7 Å². The molecule has 5 nitrogen and oxygen atoms in total. The van der Waals surface area contributed by atoms with Gasteiger partial charge in [0.2, 0.25) is 0 Å². The molecule has 1 fully saturated rings. The molecule has 0 aromatic heterocycles. The maximum absolute atomic E-state index is 12.1. The molecule has 25 heavy (non-hydrogen) atoms. The molecule has 0 spiro atoms. The molecule has 0 radical (unpaired) electrons. The number of nitrogens with one attached hydrogen (secondary N) is 1. The molecule has 1 aromatic rings. The second-order valence-electron chi connectivity index (χ2n) is 7.63. The first kappa shape index (κ1) is 18.3. The van der Waals surface area contributed by atoms with Crippen molar-refractivity contribution in [2.24, 2.45) is 10.9 Å². The predicted molar refractivity (Wildman–Crippen MR) is 101 cm³/mol. The Kier molecular flexibility index (Phi) is 5.11. The molecule has 3 rings (SSSR count). The van der Waals surface area contributed by atoms with Crippen molar-refractivity contribution < 1.29 is 14.3 Å². The van der Waals surface area contributed by atoms with Crippen LogP contribution in [0.1, 0.15) is 38.3 Å². The largest absolute Gasteiger partial charge is 0.444 e. The van der Waals surface area contributed by atoms with Gasteiger partial charge in [0.1, 0.15) is 11.1 Å². The first-order valence-corrected chi connectivity index (χ1v) is 9.65. The Labute approximate surface area is 153 Å². The van der Waals surface area contributed by atoms with E-state index in [1.807, 2.05) is 32.9 Å². The molecule has 0 saturated carbocycles. The lowest BCUT2D eigenvalue weighted by atomic mass is 9.75. The Morgan fingerprint density at radius 2 is 2.16 bits per heavy atom. The number of aryl methyl sites for hydroxylation is 1. The van der Waals surface area contributed by atoms with Crippen molar-refractivity contribution in [2.75, 3.05) is 19.0 Å². The first-order valence-electron chi connectivity index (χ1n) is 8.67. The van der Waals surface area contributed by atoms with Crippen LogP contribution < -0.4 is 5.32 Å². The number of benzene rings is 1. The van der Waals surface area contributed by atoms with Gasteiger partial charge in [-0.1, -0.05) is 36.0 Å². The molecule has 2 aliphatic rings. The van der Waals surface area contributed by atoms with E-state index in [-0.39, 0.29) is 0 Å². The van der Waals surface area contributed by atoms with E-state index in [1.54, 1.807) is 11.8 Å². The standard InChI is InChI=1S/C19H26N2O3S/c1-13-7-5-6-8-15(13)19-12-23-10-9-14(19)11-25-16(21-19)20-17(22)24-18(2,3)4/h5-8,14H,9-12H2,1-4H3,(H,20,21,22)/t14?,19-/m0/s1. The highest BCUT2D eigenvalue weighted by Crippen LogP contribution is 2.45. The van der Waals surface area contributed by atoms with Gasteiger partial charge in [-0.25, -0.2) is 9.79 Å². The summed E-state index contributed by atoms with van der Waals surface area (Å²) in [6, 6.07) is 8.31.